The standard InChI is InChI=1S/C36H28N2O/c1-3-11-21(4-2)35-24-14-7-8-17-28(24)37-36(38-35)27-20-22-12-5-6-13-23(22)31-25-15-9-18-29-33(25)34-26(32(27)31)16-10-19-30(34)39-29/h5-10,12-21H,3-4,11H2,1-2H3. The lowest BCUT2D eigenvalue weighted by Crippen LogP contribution is -2.05. The maximum absolute atomic E-state index is 6.36. The number of rotatable bonds is 5. The zero-order valence-corrected chi connectivity index (χ0v) is 22.2. The Morgan fingerprint density at radius 3 is 2.05 bits per heavy atom. The summed E-state index contributed by atoms with van der Waals surface area (Å²) < 4.78 is 6.36. The van der Waals surface area contributed by atoms with Crippen LogP contribution >= 0.6 is 0 Å². The van der Waals surface area contributed by atoms with Gasteiger partial charge >= 0.3 is 0 Å². The maximum atomic E-state index is 6.36. The molecule has 6 aromatic carbocycles. The van der Waals surface area contributed by atoms with Crippen molar-refractivity contribution in [1.29, 1.82) is 0 Å². The summed E-state index contributed by atoms with van der Waals surface area (Å²) in [6.07, 6.45) is 3.31. The van der Waals surface area contributed by atoms with Crippen molar-refractivity contribution >= 4 is 65.2 Å². The van der Waals surface area contributed by atoms with E-state index < -0.39 is 0 Å². The predicted octanol–water partition coefficient (Wildman–Crippen LogP) is 10.4. The van der Waals surface area contributed by atoms with Gasteiger partial charge in [-0.2, -0.15) is 0 Å². The van der Waals surface area contributed by atoms with Crippen LogP contribution in [0.15, 0.2) is 95.4 Å². The first kappa shape index (κ1) is 22.5. The molecule has 2 aromatic heterocycles. The van der Waals surface area contributed by atoms with Crippen LogP contribution in [0.25, 0.3) is 76.5 Å². The number of furan rings is 1. The third kappa shape index (κ3) is 3.16. The Balaban J connectivity index is 1.60. The van der Waals surface area contributed by atoms with E-state index in [0.717, 1.165) is 47.3 Å². The van der Waals surface area contributed by atoms with Gasteiger partial charge in [-0.05, 0) is 64.0 Å². The van der Waals surface area contributed by atoms with Gasteiger partial charge in [0.1, 0.15) is 11.2 Å². The van der Waals surface area contributed by atoms with Gasteiger partial charge in [-0.25, -0.2) is 9.97 Å². The Hall–Kier alpha value is -4.50. The normalized spacial score (nSPS) is 13.1. The summed E-state index contributed by atoms with van der Waals surface area (Å²) in [6, 6.07) is 32.3. The quantitative estimate of drug-likeness (QED) is 0.219. The van der Waals surface area contributed by atoms with E-state index in [4.69, 9.17) is 14.4 Å². The highest BCUT2D eigenvalue weighted by atomic mass is 16.3. The molecule has 0 aliphatic carbocycles. The third-order valence-corrected chi connectivity index (χ3v) is 8.50. The summed E-state index contributed by atoms with van der Waals surface area (Å²) in [7, 11) is 0. The summed E-state index contributed by atoms with van der Waals surface area (Å²) in [5, 5.41) is 10.8. The molecule has 3 nitrogen and oxygen atoms in total. The molecule has 8 aromatic rings. The van der Waals surface area contributed by atoms with E-state index in [-0.39, 0.29) is 0 Å². The third-order valence-electron chi connectivity index (χ3n) is 8.50. The van der Waals surface area contributed by atoms with E-state index in [1.54, 1.807) is 0 Å². The zero-order chi connectivity index (χ0) is 26.1. The second-order valence-electron chi connectivity index (χ2n) is 10.7. The summed E-state index contributed by atoms with van der Waals surface area (Å²) in [4.78, 5) is 10.6. The molecule has 3 heteroatoms. The minimum Gasteiger partial charge on any atom is -0.456 e. The van der Waals surface area contributed by atoms with E-state index in [9.17, 15) is 0 Å². The lowest BCUT2D eigenvalue weighted by Gasteiger charge is -2.19. The molecule has 0 radical (unpaired) electrons. The average molecular weight is 505 g/mol. The van der Waals surface area contributed by atoms with Crippen molar-refractivity contribution in [2.24, 2.45) is 0 Å². The fourth-order valence-corrected chi connectivity index (χ4v) is 6.78. The molecule has 2 heterocycles. The first-order valence-electron chi connectivity index (χ1n) is 14.0. The molecule has 0 bridgehead atoms. The number of benzene rings is 6. The Morgan fingerprint density at radius 1 is 0.641 bits per heavy atom. The van der Waals surface area contributed by atoms with Crippen LogP contribution in [0.4, 0.5) is 0 Å². The molecule has 1 unspecified atom stereocenters. The van der Waals surface area contributed by atoms with Crippen molar-refractivity contribution in [1.82, 2.24) is 9.97 Å². The van der Waals surface area contributed by atoms with Gasteiger partial charge < -0.3 is 4.42 Å². The molecule has 0 aliphatic rings. The number of nitrogens with zero attached hydrogens (tertiary/aromatic N) is 2. The van der Waals surface area contributed by atoms with E-state index in [1.165, 1.54) is 54.2 Å². The number of aromatic nitrogens is 2. The molecular weight excluding hydrogens is 476 g/mol. The average Bonchev–Trinajstić information content (AvgIpc) is 3.38. The van der Waals surface area contributed by atoms with E-state index >= 15 is 0 Å². The number of fused-ring (bicyclic) bond motifs is 6. The van der Waals surface area contributed by atoms with Gasteiger partial charge in [-0.3, -0.25) is 0 Å². The van der Waals surface area contributed by atoms with Gasteiger partial charge in [-0.1, -0.05) is 87.0 Å². The van der Waals surface area contributed by atoms with Gasteiger partial charge in [0.05, 0.1) is 11.2 Å². The molecule has 39 heavy (non-hydrogen) atoms. The maximum Gasteiger partial charge on any atom is 0.160 e. The summed E-state index contributed by atoms with van der Waals surface area (Å²) in [5.74, 6) is 1.20. The van der Waals surface area contributed by atoms with Crippen molar-refractivity contribution in [3.8, 4) is 11.4 Å². The lowest BCUT2D eigenvalue weighted by molar-refractivity contribution is 0.585. The minimum absolute atomic E-state index is 0.399. The fraction of sp³-hybridized carbons (Fsp3) is 0.167. The summed E-state index contributed by atoms with van der Waals surface area (Å²) in [6.45, 7) is 4.53. The molecule has 0 saturated carbocycles. The Kier molecular flexibility index (Phi) is 4.90. The van der Waals surface area contributed by atoms with Crippen LogP contribution in [0.2, 0.25) is 0 Å². The largest absolute Gasteiger partial charge is 0.456 e. The highest BCUT2D eigenvalue weighted by Crippen LogP contribution is 2.47. The van der Waals surface area contributed by atoms with Crippen LogP contribution in [0.5, 0.6) is 0 Å². The van der Waals surface area contributed by atoms with Gasteiger partial charge in [0.25, 0.3) is 0 Å². The predicted molar refractivity (Wildman–Crippen MR) is 164 cm³/mol. The molecular formula is C36H28N2O. The second kappa shape index (κ2) is 8.51. The van der Waals surface area contributed by atoms with Gasteiger partial charge in [-0.15, -0.1) is 0 Å². The number of hydrogen-bond acceptors (Lipinski definition) is 3. The second-order valence-corrected chi connectivity index (χ2v) is 10.7. The zero-order valence-electron chi connectivity index (χ0n) is 22.2. The van der Waals surface area contributed by atoms with Crippen LogP contribution in [-0.2, 0) is 0 Å². The molecule has 188 valence electrons. The molecule has 1 atom stereocenters. The topological polar surface area (TPSA) is 38.9 Å². The van der Waals surface area contributed by atoms with Crippen molar-refractivity contribution in [3.05, 3.63) is 96.7 Å². The summed E-state index contributed by atoms with van der Waals surface area (Å²) >= 11 is 0. The van der Waals surface area contributed by atoms with E-state index in [2.05, 4.69) is 105 Å². The van der Waals surface area contributed by atoms with Crippen LogP contribution in [0, 0.1) is 0 Å². The molecule has 0 aliphatic heterocycles. The Bertz CT molecular complexity index is 2190. The van der Waals surface area contributed by atoms with Crippen molar-refractivity contribution in [2.45, 2.75) is 39.0 Å². The monoisotopic (exact) mass is 504 g/mol. The van der Waals surface area contributed by atoms with Crippen molar-refractivity contribution in [2.75, 3.05) is 0 Å². The van der Waals surface area contributed by atoms with Crippen LogP contribution in [-0.4, -0.2) is 9.97 Å². The van der Waals surface area contributed by atoms with E-state index in [0.29, 0.717) is 5.92 Å². The highest BCUT2D eigenvalue weighted by Gasteiger charge is 2.23. The SMILES string of the molecule is CCCC(CC)c1nc(-c2cc3ccccc3c3c4cccc5oc6cccc(c23)c6c54)nc2ccccc12. The minimum atomic E-state index is 0.399. The highest BCUT2D eigenvalue weighted by molar-refractivity contribution is 6.39. The smallest absolute Gasteiger partial charge is 0.160 e. The van der Waals surface area contributed by atoms with Crippen molar-refractivity contribution in [3.63, 3.8) is 0 Å². The summed E-state index contributed by atoms with van der Waals surface area (Å²) in [5.41, 5.74) is 5.12. The first-order valence-corrected chi connectivity index (χ1v) is 14.0. The molecule has 0 saturated heterocycles. The van der Waals surface area contributed by atoms with Crippen LogP contribution in [0.1, 0.15) is 44.7 Å². The molecule has 0 amide bonds. The van der Waals surface area contributed by atoms with E-state index in [1.807, 2.05) is 0 Å². The van der Waals surface area contributed by atoms with Gasteiger partial charge in [0.15, 0.2) is 5.82 Å². The van der Waals surface area contributed by atoms with Crippen LogP contribution in [0.3, 0.4) is 0 Å². The molecule has 0 fully saturated rings. The van der Waals surface area contributed by atoms with Crippen LogP contribution < -0.4 is 0 Å². The lowest BCUT2D eigenvalue weighted by atomic mass is 9.88. The Morgan fingerprint density at radius 2 is 1.31 bits per heavy atom. The van der Waals surface area contributed by atoms with Gasteiger partial charge in [0.2, 0.25) is 0 Å². The fourth-order valence-electron chi connectivity index (χ4n) is 6.78. The first-order chi connectivity index (χ1) is 19.3. The molecule has 0 spiro atoms. The van der Waals surface area contributed by atoms with Crippen molar-refractivity contribution < 1.29 is 4.42 Å². The Labute approximate surface area is 226 Å². The molecule has 0 N–H and O–H groups in total. The molecule has 8 rings (SSSR count). The number of para-hydroxylation sites is 1. The van der Waals surface area contributed by atoms with Gasteiger partial charge in [0, 0.05) is 33.0 Å². The number of hydrogen-bond donors (Lipinski definition) is 0.